The molecule has 2 fully saturated rings. The van der Waals surface area contributed by atoms with E-state index in [2.05, 4.69) is 79.9 Å². The van der Waals surface area contributed by atoms with Crippen LogP contribution in [0.25, 0.3) is 0 Å². The molecule has 67 heavy (non-hydrogen) atoms. The number of carbonyl (C=O) groups is 1. The van der Waals surface area contributed by atoms with E-state index in [1.165, 1.54) is 51.4 Å². The molecule has 14 nitrogen and oxygen atoms in total. The average Bonchev–Trinajstić information content (AvgIpc) is 3.32. The number of ether oxygens (including phenoxy) is 4. The Morgan fingerprint density at radius 2 is 1.01 bits per heavy atom. The fraction of sp³-hybridized carbons (Fsp3) is 0.755. The number of unbranched alkanes of at least 4 members (excludes halogenated alkanes) is 15. The number of hydrogen-bond donors (Lipinski definition) is 9. The highest BCUT2D eigenvalue weighted by Gasteiger charge is 2.51. The van der Waals surface area contributed by atoms with Crippen LogP contribution >= 0.6 is 0 Å². The Hall–Kier alpha value is -2.57. The third-order valence-corrected chi connectivity index (χ3v) is 12.1. The molecule has 1 amide bonds. The molecule has 2 saturated heterocycles. The summed E-state index contributed by atoms with van der Waals surface area (Å²) in [6.07, 6.45) is 32.3. The van der Waals surface area contributed by atoms with E-state index < -0.39 is 86.8 Å². The van der Waals surface area contributed by atoms with E-state index in [0.29, 0.717) is 12.8 Å². The van der Waals surface area contributed by atoms with Gasteiger partial charge in [0, 0.05) is 6.42 Å². The van der Waals surface area contributed by atoms with Crippen molar-refractivity contribution in [3.05, 3.63) is 72.9 Å². The zero-order valence-electron chi connectivity index (χ0n) is 40.9. The second-order valence-electron chi connectivity index (χ2n) is 17.9. The number of carbonyl (C=O) groups excluding carboxylic acids is 1. The predicted molar refractivity (Wildman–Crippen MR) is 263 cm³/mol. The monoisotopic (exact) mass is 950 g/mol. The van der Waals surface area contributed by atoms with Gasteiger partial charge in [-0.2, -0.15) is 0 Å². The Morgan fingerprint density at radius 1 is 0.537 bits per heavy atom. The maximum absolute atomic E-state index is 13.2. The molecule has 9 N–H and O–H groups in total. The first-order chi connectivity index (χ1) is 32.6. The molecule has 2 aliphatic rings. The number of nitrogens with one attached hydrogen (secondary N) is 1. The maximum atomic E-state index is 13.2. The van der Waals surface area contributed by atoms with Crippen LogP contribution in [0.15, 0.2) is 72.9 Å². The first kappa shape index (κ1) is 60.6. The summed E-state index contributed by atoms with van der Waals surface area (Å²) < 4.78 is 22.6. The van der Waals surface area contributed by atoms with E-state index >= 15 is 0 Å². The van der Waals surface area contributed by atoms with Gasteiger partial charge in [0.2, 0.25) is 5.91 Å². The lowest BCUT2D eigenvalue weighted by atomic mass is 9.97. The molecule has 386 valence electrons. The van der Waals surface area contributed by atoms with E-state index in [9.17, 15) is 45.6 Å². The normalized spacial score (nSPS) is 27.2. The Balaban J connectivity index is 1.84. The molecule has 0 aromatic carbocycles. The molecule has 0 bridgehead atoms. The number of aliphatic hydroxyl groups is 8. The van der Waals surface area contributed by atoms with Gasteiger partial charge < -0.3 is 65.1 Å². The molecule has 2 heterocycles. The summed E-state index contributed by atoms with van der Waals surface area (Å²) in [6, 6.07) is -0.947. The number of allylic oxidation sites excluding steroid dienone is 11. The lowest BCUT2D eigenvalue weighted by Crippen LogP contribution is -2.65. The molecule has 0 saturated carbocycles. The minimum absolute atomic E-state index is 0.251. The summed E-state index contributed by atoms with van der Waals surface area (Å²) in [7, 11) is 0. The summed E-state index contributed by atoms with van der Waals surface area (Å²) in [6.45, 7) is 2.66. The van der Waals surface area contributed by atoms with Crippen LogP contribution in [0, 0.1) is 0 Å². The second-order valence-corrected chi connectivity index (χ2v) is 17.9. The van der Waals surface area contributed by atoms with Crippen molar-refractivity contribution >= 4 is 5.91 Å². The molecule has 0 aromatic heterocycles. The molecular formula is C53H91NO13. The number of aliphatic hydroxyl groups excluding tert-OH is 8. The van der Waals surface area contributed by atoms with Crippen LogP contribution in [0.5, 0.6) is 0 Å². The van der Waals surface area contributed by atoms with Crippen molar-refractivity contribution in [3.63, 3.8) is 0 Å². The van der Waals surface area contributed by atoms with Crippen LogP contribution in [0.4, 0.5) is 0 Å². The molecule has 0 radical (unpaired) electrons. The Morgan fingerprint density at radius 3 is 1.61 bits per heavy atom. The standard InChI is InChI=1S/C53H91NO13/c1-3-5-7-9-11-13-15-17-18-19-20-21-22-23-24-25-27-29-31-33-35-37-45(58)54-41(42(57)36-34-32-30-28-26-16-14-12-10-8-6-4-2)40-64-52-50(63)48(61)51(44(39-56)66-52)67-53-49(62)47(60)46(59)43(38-55)65-53/h10,12,15,17,19-20,22-23,26,28,34,36,41-44,46-53,55-57,59-63H,3-9,11,13-14,16,18,21,24-25,27,29-33,35,37-40H2,1-2H3,(H,54,58)/b12-10+,17-15-,20-19-,23-22-,28-26+,36-34+. The minimum atomic E-state index is -1.80. The molecule has 14 heteroatoms. The second kappa shape index (κ2) is 39.2. The first-order valence-corrected chi connectivity index (χ1v) is 25.7. The molecule has 0 spiro atoms. The summed E-state index contributed by atoms with van der Waals surface area (Å²) in [5, 5.41) is 86.6. The van der Waals surface area contributed by atoms with Gasteiger partial charge in [0.15, 0.2) is 12.6 Å². The highest BCUT2D eigenvalue weighted by molar-refractivity contribution is 5.76. The molecule has 2 aliphatic heterocycles. The van der Waals surface area contributed by atoms with Crippen molar-refractivity contribution in [1.82, 2.24) is 5.32 Å². The lowest BCUT2D eigenvalue weighted by Gasteiger charge is -2.46. The van der Waals surface area contributed by atoms with Gasteiger partial charge >= 0.3 is 0 Å². The van der Waals surface area contributed by atoms with Crippen molar-refractivity contribution in [2.24, 2.45) is 0 Å². The van der Waals surface area contributed by atoms with Crippen LogP contribution in [-0.2, 0) is 23.7 Å². The predicted octanol–water partition coefficient (Wildman–Crippen LogP) is 6.82. The van der Waals surface area contributed by atoms with Gasteiger partial charge in [-0.15, -0.1) is 0 Å². The van der Waals surface area contributed by atoms with Gasteiger partial charge in [-0.3, -0.25) is 4.79 Å². The van der Waals surface area contributed by atoms with Crippen LogP contribution < -0.4 is 5.32 Å². The first-order valence-electron chi connectivity index (χ1n) is 25.7. The number of hydrogen-bond acceptors (Lipinski definition) is 13. The van der Waals surface area contributed by atoms with E-state index in [1.54, 1.807) is 6.08 Å². The van der Waals surface area contributed by atoms with Crippen LogP contribution in [0.3, 0.4) is 0 Å². The summed E-state index contributed by atoms with van der Waals surface area (Å²) in [5.74, 6) is -0.271. The van der Waals surface area contributed by atoms with E-state index in [0.717, 1.165) is 77.0 Å². The fourth-order valence-corrected chi connectivity index (χ4v) is 7.84. The molecule has 2 rings (SSSR count). The zero-order valence-corrected chi connectivity index (χ0v) is 40.9. The van der Waals surface area contributed by atoms with Crippen molar-refractivity contribution in [2.75, 3.05) is 19.8 Å². The van der Waals surface area contributed by atoms with Crippen molar-refractivity contribution in [1.29, 1.82) is 0 Å². The summed E-state index contributed by atoms with van der Waals surface area (Å²) >= 11 is 0. The highest BCUT2D eigenvalue weighted by Crippen LogP contribution is 2.30. The van der Waals surface area contributed by atoms with Crippen molar-refractivity contribution in [3.8, 4) is 0 Å². The summed E-state index contributed by atoms with van der Waals surface area (Å²) in [5.41, 5.74) is 0. The van der Waals surface area contributed by atoms with Crippen LogP contribution in [0.1, 0.15) is 162 Å². The third kappa shape index (κ3) is 26.3. The largest absolute Gasteiger partial charge is 0.394 e. The molecule has 12 unspecified atom stereocenters. The molecule has 0 aromatic rings. The Bertz CT molecular complexity index is 1400. The number of amides is 1. The van der Waals surface area contributed by atoms with Gasteiger partial charge in [0.05, 0.1) is 32.0 Å². The Kier molecular flexibility index (Phi) is 35.4. The SMILES string of the molecule is CCCC/C=C/CC/C=C/CC/C=C/C(O)C(COC1OC(CO)C(OC2OC(CO)C(O)C(O)C2O)C(O)C1O)NC(=O)CCCCCCCC/C=C\C/C=C\C/C=C\CCCCCCC. The molecular weight excluding hydrogens is 859 g/mol. The lowest BCUT2D eigenvalue weighted by molar-refractivity contribution is -0.359. The van der Waals surface area contributed by atoms with Gasteiger partial charge in [0.25, 0.3) is 0 Å². The Labute approximate surface area is 402 Å². The van der Waals surface area contributed by atoms with Crippen molar-refractivity contribution < 1.29 is 64.6 Å². The van der Waals surface area contributed by atoms with Gasteiger partial charge in [-0.05, 0) is 77.0 Å². The van der Waals surface area contributed by atoms with Gasteiger partial charge in [-0.1, -0.05) is 151 Å². The van der Waals surface area contributed by atoms with E-state index in [-0.39, 0.29) is 18.9 Å². The fourth-order valence-electron chi connectivity index (χ4n) is 7.84. The van der Waals surface area contributed by atoms with Crippen LogP contribution in [0.2, 0.25) is 0 Å². The third-order valence-electron chi connectivity index (χ3n) is 12.1. The molecule has 12 atom stereocenters. The maximum Gasteiger partial charge on any atom is 0.220 e. The minimum Gasteiger partial charge on any atom is -0.394 e. The van der Waals surface area contributed by atoms with E-state index in [4.69, 9.17) is 18.9 Å². The van der Waals surface area contributed by atoms with Crippen LogP contribution in [-0.4, -0.2) is 140 Å². The number of rotatable bonds is 38. The summed E-state index contributed by atoms with van der Waals surface area (Å²) in [4.78, 5) is 13.2. The van der Waals surface area contributed by atoms with Gasteiger partial charge in [0.1, 0.15) is 48.8 Å². The van der Waals surface area contributed by atoms with E-state index in [1.807, 2.05) is 6.08 Å². The average molecular weight is 950 g/mol. The quantitative estimate of drug-likeness (QED) is 0.0229. The topological polar surface area (TPSA) is 228 Å². The highest BCUT2D eigenvalue weighted by atomic mass is 16.7. The van der Waals surface area contributed by atoms with Gasteiger partial charge in [-0.25, -0.2) is 0 Å². The smallest absolute Gasteiger partial charge is 0.220 e. The zero-order chi connectivity index (χ0) is 48.9. The molecule has 0 aliphatic carbocycles. The van der Waals surface area contributed by atoms with Crippen molar-refractivity contribution in [2.45, 2.75) is 235 Å².